The fourth-order valence-corrected chi connectivity index (χ4v) is 3.08. The Morgan fingerprint density at radius 2 is 2.00 bits per heavy atom. The maximum absolute atomic E-state index is 12.9. The molecule has 3 atom stereocenters. The van der Waals surface area contributed by atoms with Crippen molar-refractivity contribution in [2.45, 2.75) is 37.7 Å². The van der Waals surface area contributed by atoms with Crippen LogP contribution in [0.2, 0.25) is 0 Å². The third kappa shape index (κ3) is 5.08. The van der Waals surface area contributed by atoms with Crippen LogP contribution in [0.15, 0.2) is 53.1 Å². The van der Waals surface area contributed by atoms with Gasteiger partial charge in [0.25, 0.3) is 5.91 Å². The molecule has 2 aromatic rings. The first-order valence-electron chi connectivity index (χ1n) is 8.57. The number of nitrogens with zero attached hydrogens (tertiary/aromatic N) is 1. The van der Waals surface area contributed by atoms with E-state index < -0.39 is 12.2 Å². The lowest BCUT2D eigenvalue weighted by atomic mass is 10.1. The van der Waals surface area contributed by atoms with Crippen molar-refractivity contribution in [3.05, 3.63) is 60.1 Å². The normalized spacial score (nSPS) is 20.4. The fourth-order valence-electron chi connectivity index (χ4n) is 3.08. The summed E-state index contributed by atoms with van der Waals surface area (Å²) >= 11 is 0. The van der Waals surface area contributed by atoms with Crippen molar-refractivity contribution in [2.75, 3.05) is 13.1 Å². The van der Waals surface area contributed by atoms with Gasteiger partial charge in [0.2, 0.25) is 0 Å². The molecule has 0 saturated carbocycles. The Morgan fingerprint density at radius 3 is 2.62 bits per heavy atom. The predicted molar refractivity (Wildman–Crippen MR) is 99.7 cm³/mol. The molecule has 1 aromatic heterocycles. The van der Waals surface area contributed by atoms with Crippen LogP contribution in [0, 0.1) is 0 Å². The summed E-state index contributed by atoms with van der Waals surface area (Å²) in [6, 6.07) is 13.1. The molecule has 6 nitrogen and oxygen atoms in total. The minimum atomic E-state index is -0.880. The molecule has 1 saturated heterocycles. The van der Waals surface area contributed by atoms with Crippen molar-refractivity contribution >= 4 is 18.3 Å². The Balaban J connectivity index is 0.00000243. The number of furan rings is 1. The number of amides is 1. The van der Waals surface area contributed by atoms with Crippen molar-refractivity contribution in [2.24, 2.45) is 5.73 Å². The van der Waals surface area contributed by atoms with E-state index in [1.54, 1.807) is 17.0 Å². The molecule has 1 unspecified atom stereocenters. The lowest BCUT2D eigenvalue weighted by Crippen LogP contribution is -2.41. The number of benzene rings is 1. The van der Waals surface area contributed by atoms with E-state index >= 15 is 0 Å². The van der Waals surface area contributed by atoms with Crippen molar-refractivity contribution in [1.82, 2.24) is 4.90 Å². The number of carbonyl (C=O) groups is 1. The summed E-state index contributed by atoms with van der Waals surface area (Å²) < 4.78 is 11.0. The van der Waals surface area contributed by atoms with Gasteiger partial charge in [0.1, 0.15) is 18.0 Å². The highest BCUT2D eigenvalue weighted by atomic mass is 35.5. The first-order valence-corrected chi connectivity index (χ1v) is 8.57. The van der Waals surface area contributed by atoms with E-state index in [9.17, 15) is 9.90 Å². The van der Waals surface area contributed by atoms with Gasteiger partial charge in [-0.2, -0.15) is 0 Å². The van der Waals surface area contributed by atoms with Crippen LogP contribution in [-0.4, -0.2) is 41.2 Å². The van der Waals surface area contributed by atoms with Crippen molar-refractivity contribution < 1.29 is 19.1 Å². The van der Waals surface area contributed by atoms with Crippen LogP contribution in [0.4, 0.5) is 0 Å². The largest absolute Gasteiger partial charge is 0.467 e. The number of carbonyl (C=O) groups excluding carboxylic acids is 1. The van der Waals surface area contributed by atoms with Crippen LogP contribution in [0.1, 0.15) is 30.3 Å². The zero-order chi connectivity index (χ0) is 17.6. The third-order valence-electron chi connectivity index (χ3n) is 4.44. The number of hydrogen-bond donors (Lipinski definition) is 2. The zero-order valence-corrected chi connectivity index (χ0v) is 15.3. The van der Waals surface area contributed by atoms with Crippen LogP contribution in [0.3, 0.4) is 0 Å². The molecule has 2 heterocycles. The van der Waals surface area contributed by atoms with E-state index in [2.05, 4.69) is 0 Å². The number of ether oxygens (including phenoxy) is 1. The minimum Gasteiger partial charge on any atom is -0.467 e. The number of halogens is 1. The summed E-state index contributed by atoms with van der Waals surface area (Å²) in [5.41, 5.74) is 6.63. The molecule has 1 amide bonds. The molecule has 0 spiro atoms. The fraction of sp³-hybridized carbons (Fsp3) is 0.421. The van der Waals surface area contributed by atoms with Gasteiger partial charge in [-0.15, -0.1) is 12.4 Å². The molecule has 7 heteroatoms. The average molecular weight is 381 g/mol. The molecule has 3 N–H and O–H groups in total. The molecule has 142 valence electrons. The SMILES string of the molecule is Cl.NC[C@H]1CC[C@@H](C(=O)N(Cc2ccccc2)CC(O)c2ccco2)O1. The monoisotopic (exact) mass is 380 g/mol. The summed E-state index contributed by atoms with van der Waals surface area (Å²) in [5.74, 6) is 0.323. The van der Waals surface area contributed by atoms with Gasteiger partial charge in [0.15, 0.2) is 0 Å². The van der Waals surface area contributed by atoms with Gasteiger partial charge in [-0.1, -0.05) is 30.3 Å². The van der Waals surface area contributed by atoms with Gasteiger partial charge in [-0.3, -0.25) is 4.79 Å². The maximum atomic E-state index is 12.9. The third-order valence-corrected chi connectivity index (χ3v) is 4.44. The highest BCUT2D eigenvalue weighted by molar-refractivity contribution is 5.85. The standard InChI is InChI=1S/C19H24N2O4.ClH/c20-11-15-8-9-18(25-15)19(23)21(12-14-5-2-1-3-6-14)13-16(22)17-7-4-10-24-17;/h1-7,10,15-16,18,22H,8-9,11-13,20H2;1H/t15-,16?,18+;/m1./s1. The second-order valence-electron chi connectivity index (χ2n) is 6.30. The highest BCUT2D eigenvalue weighted by Crippen LogP contribution is 2.23. The molecule has 0 radical (unpaired) electrons. The first-order chi connectivity index (χ1) is 12.2. The lowest BCUT2D eigenvalue weighted by Gasteiger charge is -2.27. The van der Waals surface area contributed by atoms with E-state index in [1.807, 2.05) is 30.3 Å². The maximum Gasteiger partial charge on any atom is 0.252 e. The van der Waals surface area contributed by atoms with E-state index in [1.165, 1.54) is 6.26 Å². The summed E-state index contributed by atoms with van der Waals surface area (Å²) in [6.07, 6.45) is 1.50. The number of aliphatic hydroxyl groups is 1. The van der Waals surface area contributed by atoms with Gasteiger partial charge in [0.05, 0.1) is 18.9 Å². The number of hydrogen-bond acceptors (Lipinski definition) is 5. The molecule has 1 aliphatic heterocycles. The summed E-state index contributed by atoms with van der Waals surface area (Å²) in [4.78, 5) is 14.6. The van der Waals surface area contributed by atoms with Gasteiger partial charge in [0, 0.05) is 13.1 Å². The molecule has 0 bridgehead atoms. The molecule has 1 aromatic carbocycles. The van der Waals surface area contributed by atoms with E-state index in [0.29, 0.717) is 25.3 Å². The smallest absolute Gasteiger partial charge is 0.252 e. The van der Waals surface area contributed by atoms with Crippen LogP contribution in [0.5, 0.6) is 0 Å². The quantitative estimate of drug-likeness (QED) is 0.769. The molecule has 26 heavy (non-hydrogen) atoms. The second kappa shape index (κ2) is 9.73. The Morgan fingerprint density at radius 1 is 1.23 bits per heavy atom. The molecule has 1 aliphatic rings. The Hall–Kier alpha value is -1.86. The van der Waals surface area contributed by atoms with Gasteiger partial charge >= 0.3 is 0 Å². The van der Waals surface area contributed by atoms with Crippen LogP contribution < -0.4 is 5.73 Å². The molecular formula is C19H25ClN2O4. The molecule has 3 rings (SSSR count). The summed E-state index contributed by atoms with van der Waals surface area (Å²) in [6.45, 7) is 0.969. The Labute approximate surface area is 159 Å². The summed E-state index contributed by atoms with van der Waals surface area (Å²) in [7, 11) is 0. The van der Waals surface area contributed by atoms with Crippen molar-refractivity contribution in [3.8, 4) is 0 Å². The predicted octanol–water partition coefficient (Wildman–Crippen LogP) is 2.27. The van der Waals surface area contributed by atoms with Crippen molar-refractivity contribution in [3.63, 3.8) is 0 Å². The Bertz CT molecular complexity index is 665. The molecule has 1 fully saturated rings. The summed E-state index contributed by atoms with van der Waals surface area (Å²) in [5, 5.41) is 10.4. The number of rotatable bonds is 7. The minimum absolute atomic E-state index is 0. The van der Waals surface area contributed by atoms with Crippen LogP contribution >= 0.6 is 12.4 Å². The van der Waals surface area contributed by atoms with Gasteiger partial charge in [-0.25, -0.2) is 0 Å². The Kier molecular flexibility index (Phi) is 7.66. The zero-order valence-electron chi connectivity index (χ0n) is 14.5. The number of aliphatic hydroxyl groups excluding tert-OH is 1. The van der Waals surface area contributed by atoms with E-state index in [4.69, 9.17) is 14.9 Å². The van der Waals surface area contributed by atoms with Gasteiger partial charge in [-0.05, 0) is 30.5 Å². The number of nitrogens with two attached hydrogens (primary N) is 1. The molecular weight excluding hydrogens is 356 g/mol. The lowest BCUT2D eigenvalue weighted by molar-refractivity contribution is -0.145. The molecule has 0 aliphatic carbocycles. The highest BCUT2D eigenvalue weighted by Gasteiger charge is 2.34. The first kappa shape index (κ1) is 20.5. The topological polar surface area (TPSA) is 88.9 Å². The second-order valence-corrected chi connectivity index (χ2v) is 6.30. The van der Waals surface area contributed by atoms with Crippen molar-refractivity contribution in [1.29, 1.82) is 0 Å². The van der Waals surface area contributed by atoms with Gasteiger partial charge < -0.3 is 24.9 Å². The van der Waals surface area contributed by atoms with E-state index in [-0.39, 0.29) is 31.0 Å². The van der Waals surface area contributed by atoms with Crippen LogP contribution in [-0.2, 0) is 16.1 Å². The average Bonchev–Trinajstić information content (AvgIpc) is 3.33. The van der Waals surface area contributed by atoms with E-state index in [0.717, 1.165) is 12.0 Å². The van der Waals surface area contributed by atoms with Crippen LogP contribution in [0.25, 0.3) is 0 Å².